The minimum atomic E-state index is 0.255. The van der Waals surface area contributed by atoms with Gasteiger partial charge in [-0.25, -0.2) is 9.97 Å². The maximum absolute atomic E-state index is 4.18. The number of nitrogens with zero attached hydrogens (tertiary/aromatic N) is 3. The topological polar surface area (TPSA) is 41.1 Å². The molecule has 1 unspecified atom stereocenters. The minimum Gasteiger partial charge on any atom is -0.338 e. The molecule has 1 N–H and O–H groups in total. The summed E-state index contributed by atoms with van der Waals surface area (Å²) in [6.45, 7) is 0. The largest absolute Gasteiger partial charge is 0.338 e. The summed E-state index contributed by atoms with van der Waals surface area (Å²) in [5.41, 5.74) is 0. The van der Waals surface area contributed by atoms with Crippen LogP contribution in [0, 0.1) is 0 Å². The van der Waals surface area contributed by atoms with Crippen molar-refractivity contribution >= 4 is 57.1 Å². The van der Waals surface area contributed by atoms with E-state index in [-0.39, 0.29) is 4.17 Å². The van der Waals surface area contributed by atoms with Gasteiger partial charge in [-0.3, -0.25) is 3.11 Å². The molecule has 0 amide bonds. The normalized spacial score (nSPS) is 21.3. The van der Waals surface area contributed by atoms with Crippen LogP contribution in [0.1, 0.15) is 0 Å². The van der Waals surface area contributed by atoms with Crippen LogP contribution in [0.25, 0.3) is 0 Å². The van der Waals surface area contributed by atoms with Gasteiger partial charge >= 0.3 is 0 Å². The number of rotatable bonds is 0. The van der Waals surface area contributed by atoms with Gasteiger partial charge in [0.15, 0.2) is 15.8 Å². The second-order valence-corrected chi connectivity index (χ2v) is 4.24. The van der Waals surface area contributed by atoms with Crippen LogP contribution < -0.4 is 8.43 Å². The zero-order valence-electron chi connectivity index (χ0n) is 5.33. The summed E-state index contributed by atoms with van der Waals surface area (Å²) in [7, 11) is 0. The number of fused-ring (bicyclic) bond motifs is 1. The number of hydrogen-bond donors (Lipinski definition) is 1. The molecule has 0 saturated heterocycles. The van der Waals surface area contributed by atoms with Crippen LogP contribution in [0.2, 0.25) is 0 Å². The maximum atomic E-state index is 4.18. The monoisotopic (exact) mass is 374 g/mol. The van der Waals surface area contributed by atoms with Crippen molar-refractivity contribution in [1.82, 2.24) is 9.97 Å². The summed E-state index contributed by atoms with van der Waals surface area (Å²) in [6, 6.07) is 0. The van der Waals surface area contributed by atoms with Crippen LogP contribution in [-0.2, 0) is 0 Å². The van der Waals surface area contributed by atoms with E-state index in [0.29, 0.717) is 0 Å². The fourth-order valence-corrected chi connectivity index (χ4v) is 1.92. The molecular weight excluding hydrogens is 370 g/mol. The van der Waals surface area contributed by atoms with Gasteiger partial charge in [0.1, 0.15) is 0 Å². The Morgan fingerprint density at radius 1 is 1.45 bits per heavy atom. The van der Waals surface area contributed by atoms with Crippen molar-refractivity contribution in [3.63, 3.8) is 0 Å². The molecule has 0 radical (unpaired) electrons. The molecule has 4 nitrogen and oxygen atoms in total. The average Bonchev–Trinajstić information content (AvgIpc) is 2.30. The highest BCUT2D eigenvalue weighted by Crippen LogP contribution is 2.34. The van der Waals surface area contributed by atoms with E-state index in [1.165, 1.54) is 0 Å². The first-order valence-corrected chi connectivity index (χ1v) is 5.17. The summed E-state index contributed by atoms with van der Waals surface area (Å²) >= 11 is 4.49. The summed E-state index contributed by atoms with van der Waals surface area (Å²) in [5, 5.41) is 3.18. The molecule has 0 fully saturated rings. The van der Waals surface area contributed by atoms with Crippen LogP contribution in [0.5, 0.6) is 0 Å². The third-order valence-corrected chi connectivity index (χ3v) is 4.28. The van der Waals surface area contributed by atoms with Gasteiger partial charge in [0.2, 0.25) is 0 Å². The predicted molar refractivity (Wildman–Crippen MR) is 60.0 cm³/mol. The van der Waals surface area contributed by atoms with Crippen molar-refractivity contribution in [2.45, 2.75) is 4.17 Å². The Bertz CT molecular complexity index is 279. The molecule has 11 heavy (non-hydrogen) atoms. The van der Waals surface area contributed by atoms with E-state index in [0.717, 1.165) is 11.6 Å². The summed E-state index contributed by atoms with van der Waals surface area (Å²) in [4.78, 5) is 8.31. The van der Waals surface area contributed by atoms with Gasteiger partial charge in [-0.05, 0) is 22.6 Å². The molecule has 1 aliphatic rings. The van der Waals surface area contributed by atoms with Crippen molar-refractivity contribution in [2.75, 3.05) is 8.43 Å². The molecular formula is C5H4I2N4. The Morgan fingerprint density at radius 3 is 2.91 bits per heavy atom. The third-order valence-electron chi connectivity index (χ3n) is 1.34. The fourth-order valence-electron chi connectivity index (χ4n) is 0.866. The van der Waals surface area contributed by atoms with Crippen LogP contribution in [0.15, 0.2) is 12.4 Å². The lowest BCUT2D eigenvalue weighted by Gasteiger charge is -2.10. The van der Waals surface area contributed by atoms with E-state index in [1.807, 2.05) is 3.11 Å². The van der Waals surface area contributed by atoms with Gasteiger partial charge in [0, 0.05) is 12.4 Å². The summed E-state index contributed by atoms with van der Waals surface area (Å²) in [5.74, 6) is 1.77. The van der Waals surface area contributed by atoms with Crippen LogP contribution in [0.3, 0.4) is 0 Å². The summed E-state index contributed by atoms with van der Waals surface area (Å²) < 4.78 is 2.27. The van der Waals surface area contributed by atoms with Crippen LogP contribution in [-0.4, -0.2) is 14.1 Å². The molecule has 1 atom stereocenters. The molecule has 1 aromatic heterocycles. The quantitative estimate of drug-likeness (QED) is 0.326. The lowest BCUT2D eigenvalue weighted by atomic mass is 10.6. The highest BCUT2D eigenvalue weighted by Gasteiger charge is 2.26. The first-order valence-electron chi connectivity index (χ1n) is 2.95. The zero-order chi connectivity index (χ0) is 7.84. The van der Waals surface area contributed by atoms with Gasteiger partial charge < -0.3 is 5.32 Å². The van der Waals surface area contributed by atoms with E-state index < -0.39 is 0 Å². The van der Waals surface area contributed by atoms with Crippen molar-refractivity contribution < 1.29 is 0 Å². The molecule has 1 aliphatic heterocycles. The number of halogens is 2. The van der Waals surface area contributed by atoms with E-state index in [1.54, 1.807) is 12.4 Å². The first-order chi connectivity index (χ1) is 5.29. The van der Waals surface area contributed by atoms with Gasteiger partial charge in [-0.1, -0.05) is 0 Å². The van der Waals surface area contributed by atoms with Gasteiger partial charge in [0.05, 0.1) is 22.9 Å². The SMILES string of the molecule is IC1Nc2nccnc2N1I. The van der Waals surface area contributed by atoms with E-state index >= 15 is 0 Å². The average molecular weight is 374 g/mol. The van der Waals surface area contributed by atoms with E-state index in [2.05, 4.69) is 60.7 Å². The smallest absolute Gasteiger partial charge is 0.183 e. The Labute approximate surface area is 91.4 Å². The molecule has 0 bridgehead atoms. The maximum Gasteiger partial charge on any atom is 0.183 e. The van der Waals surface area contributed by atoms with E-state index in [4.69, 9.17) is 0 Å². The molecule has 0 aliphatic carbocycles. The first kappa shape index (κ1) is 7.77. The molecule has 0 saturated carbocycles. The van der Waals surface area contributed by atoms with Crippen molar-refractivity contribution in [3.8, 4) is 0 Å². The highest BCUT2D eigenvalue weighted by molar-refractivity contribution is 14.1. The number of anilines is 2. The Kier molecular flexibility index (Phi) is 2.04. The standard InChI is InChI=1S/C5H4I2N4/c6-5-10-3-4(11(5)7)9-2-1-8-3/h1-2,5H,(H,8,10). The third kappa shape index (κ3) is 1.25. The number of nitrogens with one attached hydrogen (secondary N) is 1. The molecule has 0 spiro atoms. The highest BCUT2D eigenvalue weighted by atomic mass is 127. The lowest BCUT2D eigenvalue weighted by molar-refractivity contribution is 1.16. The molecule has 2 heterocycles. The van der Waals surface area contributed by atoms with Gasteiger partial charge in [-0.2, -0.15) is 0 Å². The molecule has 58 valence electrons. The lowest BCUT2D eigenvalue weighted by Crippen LogP contribution is -2.19. The van der Waals surface area contributed by atoms with Gasteiger partial charge in [-0.15, -0.1) is 0 Å². The van der Waals surface area contributed by atoms with Gasteiger partial charge in [0.25, 0.3) is 0 Å². The van der Waals surface area contributed by atoms with Crippen molar-refractivity contribution in [3.05, 3.63) is 12.4 Å². The fraction of sp³-hybridized carbons (Fsp3) is 0.200. The van der Waals surface area contributed by atoms with Crippen LogP contribution in [0.4, 0.5) is 11.6 Å². The molecule has 0 aromatic carbocycles. The Balaban J connectivity index is 2.47. The Morgan fingerprint density at radius 2 is 2.18 bits per heavy atom. The summed E-state index contributed by atoms with van der Waals surface area (Å²) in [6.07, 6.45) is 3.38. The molecule has 6 heteroatoms. The number of aromatic nitrogens is 2. The van der Waals surface area contributed by atoms with Crippen LogP contribution >= 0.6 is 45.5 Å². The molecule has 1 aromatic rings. The number of hydrogen-bond acceptors (Lipinski definition) is 4. The van der Waals surface area contributed by atoms with E-state index in [9.17, 15) is 0 Å². The predicted octanol–water partition coefficient (Wildman–Crippen LogP) is 1.78. The molecule has 2 rings (SSSR count). The second-order valence-electron chi connectivity index (χ2n) is 2.02. The van der Waals surface area contributed by atoms with Crippen molar-refractivity contribution in [2.24, 2.45) is 0 Å². The van der Waals surface area contributed by atoms with Crippen molar-refractivity contribution in [1.29, 1.82) is 0 Å². The second kappa shape index (κ2) is 2.88. The minimum absolute atomic E-state index is 0.255. The zero-order valence-corrected chi connectivity index (χ0v) is 9.64. The Hall–Kier alpha value is 0.140. The number of alkyl halides is 1.